The minimum atomic E-state index is 0.0618. The first kappa shape index (κ1) is 24.1. The zero-order valence-electron chi connectivity index (χ0n) is 19.9. The van der Waals surface area contributed by atoms with Gasteiger partial charge >= 0.3 is 0 Å². The maximum atomic E-state index is 13.3. The molecule has 0 bridgehead atoms. The second-order valence-electron chi connectivity index (χ2n) is 9.41. The average molecular weight is 507 g/mol. The van der Waals surface area contributed by atoms with Crippen LogP contribution < -0.4 is 10.1 Å². The number of benzene rings is 2. The Morgan fingerprint density at radius 3 is 2.60 bits per heavy atom. The molecule has 3 aromatic rings. The van der Waals surface area contributed by atoms with E-state index in [1.807, 2.05) is 54.7 Å². The molecule has 0 aliphatic heterocycles. The number of halogens is 1. The van der Waals surface area contributed by atoms with Crippen molar-refractivity contribution in [2.75, 3.05) is 0 Å². The van der Waals surface area contributed by atoms with Gasteiger partial charge in [-0.25, -0.2) is 4.99 Å². The van der Waals surface area contributed by atoms with E-state index < -0.39 is 0 Å². The molecule has 0 atom stereocenters. The molecule has 2 aliphatic rings. The summed E-state index contributed by atoms with van der Waals surface area (Å²) >= 11 is 7.90. The normalized spacial score (nSPS) is 16.3. The highest BCUT2D eigenvalue weighted by molar-refractivity contribution is 7.16. The lowest BCUT2D eigenvalue weighted by Gasteiger charge is -2.23. The number of fused-ring (bicyclic) bond motifs is 1. The Morgan fingerprint density at radius 2 is 1.80 bits per heavy atom. The van der Waals surface area contributed by atoms with E-state index in [1.165, 1.54) is 36.1 Å². The monoisotopic (exact) mass is 506 g/mol. The number of aryl methyl sites for hydroxylation is 1. The number of aliphatic imine (C=N–C) groups is 1. The number of rotatable bonds is 7. The lowest BCUT2D eigenvalue weighted by molar-refractivity contribution is 0.0927. The molecule has 182 valence electrons. The molecule has 1 heterocycles. The lowest BCUT2D eigenvalue weighted by Crippen LogP contribution is -2.36. The third-order valence-corrected chi connectivity index (χ3v) is 8.45. The summed E-state index contributed by atoms with van der Waals surface area (Å²) in [7, 11) is 0. The molecule has 2 aliphatic carbocycles. The van der Waals surface area contributed by atoms with Gasteiger partial charge in [0.2, 0.25) is 0 Å². The molecule has 2 aromatic carbocycles. The largest absolute Gasteiger partial charge is 0.489 e. The third-order valence-electron chi connectivity index (χ3n) is 6.88. The molecule has 1 fully saturated rings. The Bertz CT molecular complexity index is 1200. The van der Waals surface area contributed by atoms with Crippen molar-refractivity contribution in [1.82, 2.24) is 5.32 Å². The predicted octanol–water partition coefficient (Wildman–Crippen LogP) is 7.67. The molecule has 1 aromatic heterocycles. The van der Waals surface area contributed by atoms with Gasteiger partial charge in [-0.05, 0) is 80.0 Å². The second-order valence-corrected chi connectivity index (χ2v) is 10.9. The molecule has 0 unspecified atom stereocenters. The molecule has 1 saturated carbocycles. The first-order chi connectivity index (χ1) is 17.2. The van der Waals surface area contributed by atoms with Crippen molar-refractivity contribution in [2.24, 2.45) is 4.99 Å². The summed E-state index contributed by atoms with van der Waals surface area (Å²) < 4.78 is 5.89. The molecule has 1 amide bonds. The molecule has 4 nitrogen and oxygen atoms in total. The van der Waals surface area contributed by atoms with Crippen LogP contribution in [0.15, 0.2) is 53.5 Å². The second kappa shape index (κ2) is 11.4. The van der Waals surface area contributed by atoms with E-state index in [2.05, 4.69) is 5.32 Å². The molecule has 0 saturated heterocycles. The van der Waals surface area contributed by atoms with E-state index >= 15 is 0 Å². The van der Waals surface area contributed by atoms with E-state index in [1.54, 1.807) is 11.3 Å². The van der Waals surface area contributed by atoms with Crippen molar-refractivity contribution < 1.29 is 9.53 Å². The zero-order chi connectivity index (χ0) is 24.0. The van der Waals surface area contributed by atoms with Crippen molar-refractivity contribution in [1.29, 1.82) is 0 Å². The fraction of sp³-hybridized carbons (Fsp3) is 0.379. The Balaban J connectivity index is 1.29. The van der Waals surface area contributed by atoms with Crippen LogP contribution in [-0.4, -0.2) is 18.2 Å². The van der Waals surface area contributed by atoms with Gasteiger partial charge in [0.25, 0.3) is 5.91 Å². The number of hydrogen-bond acceptors (Lipinski definition) is 4. The van der Waals surface area contributed by atoms with Crippen molar-refractivity contribution in [2.45, 2.75) is 70.4 Å². The fourth-order valence-corrected chi connectivity index (χ4v) is 6.36. The summed E-state index contributed by atoms with van der Waals surface area (Å²) in [4.78, 5) is 19.5. The number of ether oxygens (including phenoxy) is 1. The minimum absolute atomic E-state index is 0.0618. The molecule has 0 spiro atoms. The van der Waals surface area contributed by atoms with Gasteiger partial charge < -0.3 is 10.1 Å². The Hall–Kier alpha value is -2.63. The number of carbonyl (C=O) groups is 1. The summed E-state index contributed by atoms with van der Waals surface area (Å²) in [6, 6.07) is 15.8. The SMILES string of the molecule is O=C(NC1CCCCC1)c1c(/N=C/c2ccc(OCc3ccccc3Cl)cc2)sc2c1CCCC2. The van der Waals surface area contributed by atoms with Crippen LogP contribution in [0.4, 0.5) is 5.00 Å². The number of hydrogen-bond donors (Lipinski definition) is 1. The Morgan fingerprint density at radius 1 is 1.03 bits per heavy atom. The predicted molar refractivity (Wildman–Crippen MR) is 145 cm³/mol. The average Bonchev–Trinajstić information content (AvgIpc) is 3.27. The van der Waals surface area contributed by atoms with Crippen molar-refractivity contribution in [3.63, 3.8) is 0 Å². The number of amides is 1. The van der Waals surface area contributed by atoms with Crippen LogP contribution in [0.1, 0.15) is 76.9 Å². The van der Waals surface area contributed by atoms with Crippen LogP contribution in [0, 0.1) is 0 Å². The third kappa shape index (κ3) is 5.96. The molecule has 6 heteroatoms. The Labute approximate surface area is 216 Å². The van der Waals surface area contributed by atoms with E-state index in [0.29, 0.717) is 17.7 Å². The van der Waals surface area contributed by atoms with Crippen LogP contribution >= 0.6 is 22.9 Å². The number of thiophene rings is 1. The van der Waals surface area contributed by atoms with Crippen LogP contribution in [0.3, 0.4) is 0 Å². The fourth-order valence-electron chi connectivity index (χ4n) is 4.94. The van der Waals surface area contributed by atoms with E-state index in [0.717, 1.165) is 59.5 Å². The quantitative estimate of drug-likeness (QED) is 0.334. The summed E-state index contributed by atoms with van der Waals surface area (Å²) in [6.07, 6.45) is 12.1. The van der Waals surface area contributed by atoms with Crippen LogP contribution in [0.25, 0.3) is 0 Å². The molecule has 1 N–H and O–H groups in total. The molecular weight excluding hydrogens is 476 g/mol. The smallest absolute Gasteiger partial charge is 0.254 e. The van der Waals surface area contributed by atoms with Crippen LogP contribution in [0.5, 0.6) is 5.75 Å². The topological polar surface area (TPSA) is 50.7 Å². The first-order valence-corrected chi connectivity index (χ1v) is 13.8. The first-order valence-electron chi connectivity index (χ1n) is 12.6. The van der Waals surface area contributed by atoms with E-state index in [9.17, 15) is 4.79 Å². The van der Waals surface area contributed by atoms with Gasteiger partial charge in [-0.1, -0.05) is 49.1 Å². The Kier molecular flexibility index (Phi) is 7.85. The van der Waals surface area contributed by atoms with Gasteiger partial charge in [0.05, 0.1) is 5.56 Å². The van der Waals surface area contributed by atoms with Gasteiger partial charge in [-0.3, -0.25) is 4.79 Å². The summed E-state index contributed by atoms with van der Waals surface area (Å²) in [5.74, 6) is 0.841. The number of nitrogens with zero attached hydrogens (tertiary/aromatic N) is 1. The maximum absolute atomic E-state index is 13.3. The summed E-state index contributed by atoms with van der Waals surface area (Å²) in [6.45, 7) is 0.424. The van der Waals surface area contributed by atoms with Crippen LogP contribution in [-0.2, 0) is 19.4 Å². The zero-order valence-corrected chi connectivity index (χ0v) is 21.5. The highest BCUT2D eigenvalue weighted by atomic mass is 35.5. The highest BCUT2D eigenvalue weighted by Crippen LogP contribution is 2.40. The highest BCUT2D eigenvalue weighted by Gasteiger charge is 2.27. The lowest BCUT2D eigenvalue weighted by atomic mass is 9.93. The number of carbonyl (C=O) groups excluding carboxylic acids is 1. The van der Waals surface area contributed by atoms with Gasteiger partial charge in [-0.2, -0.15) is 0 Å². The molecule has 35 heavy (non-hydrogen) atoms. The maximum Gasteiger partial charge on any atom is 0.254 e. The van der Waals surface area contributed by atoms with Gasteiger partial charge in [0, 0.05) is 27.7 Å². The van der Waals surface area contributed by atoms with Crippen molar-refractivity contribution >= 4 is 40.1 Å². The van der Waals surface area contributed by atoms with Crippen molar-refractivity contribution in [3.05, 3.63) is 80.7 Å². The van der Waals surface area contributed by atoms with Gasteiger partial charge in [0.15, 0.2) is 0 Å². The standard InChI is InChI=1S/C29H31ClN2O2S/c30-25-12-6-4-8-21(25)19-34-23-16-14-20(15-17-23)18-31-29-27(24-11-5-7-13-26(24)35-29)28(33)32-22-9-2-1-3-10-22/h4,6,8,12,14-18,22H,1-3,5,7,9-11,13,19H2,(H,32,33)/b31-18+. The number of nitrogens with one attached hydrogen (secondary N) is 1. The van der Waals surface area contributed by atoms with E-state index in [-0.39, 0.29) is 5.91 Å². The van der Waals surface area contributed by atoms with Gasteiger partial charge in [0.1, 0.15) is 17.4 Å². The molecular formula is C29H31ClN2O2S. The molecule has 5 rings (SSSR count). The summed E-state index contributed by atoms with van der Waals surface area (Å²) in [5.41, 5.74) is 3.97. The molecule has 0 radical (unpaired) electrons. The van der Waals surface area contributed by atoms with Gasteiger partial charge in [-0.15, -0.1) is 11.3 Å². The van der Waals surface area contributed by atoms with E-state index in [4.69, 9.17) is 21.3 Å². The van der Waals surface area contributed by atoms with Crippen LogP contribution in [0.2, 0.25) is 5.02 Å². The van der Waals surface area contributed by atoms with Crippen molar-refractivity contribution in [3.8, 4) is 5.75 Å². The minimum Gasteiger partial charge on any atom is -0.489 e. The summed E-state index contributed by atoms with van der Waals surface area (Å²) in [5, 5.41) is 4.86.